The molecule has 118 valence electrons. The Labute approximate surface area is 123 Å². The number of rotatable bonds is 1. The minimum atomic E-state index is -4.25. The lowest BCUT2D eigenvalue weighted by molar-refractivity contribution is -0.201. The second kappa shape index (κ2) is 6.98. The van der Waals surface area contributed by atoms with Crippen molar-refractivity contribution in [2.24, 2.45) is 11.8 Å². The smallest absolute Gasteiger partial charge is 0.340 e. The van der Waals surface area contributed by atoms with Gasteiger partial charge < -0.3 is 10.2 Å². The van der Waals surface area contributed by atoms with Gasteiger partial charge in [-0.1, -0.05) is 12.8 Å². The van der Waals surface area contributed by atoms with Crippen molar-refractivity contribution in [3.05, 3.63) is 0 Å². The van der Waals surface area contributed by atoms with Crippen molar-refractivity contribution in [2.75, 3.05) is 19.6 Å². The average Bonchev–Trinajstić information content (AvgIpc) is 2.37. The van der Waals surface area contributed by atoms with Gasteiger partial charge in [-0.05, 0) is 19.8 Å². The largest absolute Gasteiger partial charge is 0.392 e. The van der Waals surface area contributed by atoms with Crippen molar-refractivity contribution in [2.45, 2.75) is 44.8 Å². The molecule has 1 aliphatic carbocycles. The predicted octanol–water partition coefficient (Wildman–Crippen LogP) is 2.60. The third-order valence-electron chi connectivity index (χ3n) is 4.18. The third kappa shape index (κ3) is 4.01. The van der Waals surface area contributed by atoms with E-state index < -0.39 is 18.0 Å². The molecule has 3 atom stereocenters. The summed E-state index contributed by atoms with van der Waals surface area (Å²) in [6.45, 7) is 3.64. The summed E-state index contributed by atoms with van der Waals surface area (Å²) in [6, 6.07) is 0.158. The molecule has 0 aromatic heterocycles. The van der Waals surface area contributed by atoms with Gasteiger partial charge in [0.2, 0.25) is 5.91 Å². The third-order valence-corrected chi connectivity index (χ3v) is 4.18. The standard InChI is InChI=1S/C13H21F3N2O.ClH/c1-9-8-18(7-6-17-9)12(19)10-4-2-3-5-11(10)13(14,15)16;/h9-11,17H,2-8H2,1H3;1H/t9-,10?,11?;/m0./s1. The van der Waals surface area contributed by atoms with Crippen molar-refractivity contribution in [3.63, 3.8) is 0 Å². The Morgan fingerprint density at radius 1 is 1.25 bits per heavy atom. The Morgan fingerprint density at radius 2 is 1.90 bits per heavy atom. The van der Waals surface area contributed by atoms with Crippen LogP contribution in [0.2, 0.25) is 0 Å². The van der Waals surface area contributed by atoms with Crippen LogP contribution in [0.15, 0.2) is 0 Å². The zero-order valence-electron chi connectivity index (χ0n) is 11.6. The van der Waals surface area contributed by atoms with Crippen LogP contribution < -0.4 is 5.32 Å². The molecule has 0 spiro atoms. The summed E-state index contributed by atoms with van der Waals surface area (Å²) in [5.41, 5.74) is 0. The summed E-state index contributed by atoms with van der Waals surface area (Å²) >= 11 is 0. The van der Waals surface area contributed by atoms with Crippen LogP contribution in [-0.2, 0) is 4.79 Å². The van der Waals surface area contributed by atoms with E-state index in [4.69, 9.17) is 0 Å². The zero-order valence-corrected chi connectivity index (χ0v) is 12.4. The first kappa shape index (κ1) is 17.6. The van der Waals surface area contributed by atoms with Crippen molar-refractivity contribution >= 4 is 18.3 Å². The molecular formula is C13H22ClF3N2O. The molecule has 1 amide bonds. The number of amides is 1. The summed E-state index contributed by atoms with van der Waals surface area (Å²) in [5.74, 6) is -2.60. The lowest BCUT2D eigenvalue weighted by Crippen LogP contribution is -2.54. The molecule has 0 aromatic rings. The number of nitrogens with one attached hydrogen (secondary N) is 1. The topological polar surface area (TPSA) is 32.3 Å². The number of hydrogen-bond donors (Lipinski definition) is 1. The van der Waals surface area contributed by atoms with E-state index in [1.165, 1.54) is 0 Å². The second-order valence-electron chi connectivity index (χ2n) is 5.68. The first-order valence-electron chi connectivity index (χ1n) is 6.98. The minimum Gasteiger partial charge on any atom is -0.340 e. The van der Waals surface area contributed by atoms with Crippen LogP contribution in [0.3, 0.4) is 0 Å². The maximum absolute atomic E-state index is 13.0. The average molecular weight is 315 g/mol. The molecule has 20 heavy (non-hydrogen) atoms. The van der Waals surface area contributed by atoms with Crippen LogP contribution in [0, 0.1) is 11.8 Å². The van der Waals surface area contributed by atoms with Gasteiger partial charge in [0.05, 0.1) is 5.92 Å². The molecule has 3 nitrogen and oxygen atoms in total. The van der Waals surface area contributed by atoms with Gasteiger partial charge in [0.15, 0.2) is 0 Å². The molecule has 2 fully saturated rings. The molecule has 0 bridgehead atoms. The lowest BCUT2D eigenvalue weighted by Gasteiger charge is -2.38. The van der Waals surface area contributed by atoms with Crippen LogP contribution in [0.5, 0.6) is 0 Å². The van der Waals surface area contributed by atoms with Crippen molar-refractivity contribution < 1.29 is 18.0 Å². The van der Waals surface area contributed by atoms with Gasteiger partial charge in [0, 0.05) is 31.6 Å². The van der Waals surface area contributed by atoms with Crippen LogP contribution in [0.1, 0.15) is 32.6 Å². The van der Waals surface area contributed by atoms with E-state index in [2.05, 4.69) is 5.32 Å². The summed E-state index contributed by atoms with van der Waals surface area (Å²) in [7, 11) is 0. The van der Waals surface area contributed by atoms with Crippen molar-refractivity contribution in [3.8, 4) is 0 Å². The van der Waals surface area contributed by atoms with Gasteiger partial charge in [-0.3, -0.25) is 4.79 Å². The summed E-state index contributed by atoms with van der Waals surface area (Å²) in [5, 5.41) is 3.20. The van der Waals surface area contributed by atoms with Gasteiger partial charge in [-0.15, -0.1) is 12.4 Å². The predicted molar refractivity (Wildman–Crippen MR) is 72.8 cm³/mol. The highest BCUT2D eigenvalue weighted by Crippen LogP contribution is 2.42. The molecule has 1 heterocycles. The first-order chi connectivity index (χ1) is 8.89. The number of carbonyl (C=O) groups is 1. The highest BCUT2D eigenvalue weighted by Gasteiger charge is 2.49. The van der Waals surface area contributed by atoms with Crippen molar-refractivity contribution in [1.29, 1.82) is 0 Å². The van der Waals surface area contributed by atoms with Crippen LogP contribution in [0.4, 0.5) is 13.2 Å². The SMILES string of the molecule is C[C@H]1CN(C(=O)C2CCCCC2C(F)(F)F)CCN1.Cl. The van der Waals surface area contributed by atoms with Gasteiger partial charge in [0.1, 0.15) is 0 Å². The van der Waals surface area contributed by atoms with Gasteiger partial charge in [0.25, 0.3) is 0 Å². The van der Waals surface area contributed by atoms with E-state index in [0.717, 1.165) is 6.42 Å². The maximum atomic E-state index is 13.0. The monoisotopic (exact) mass is 314 g/mol. The first-order valence-corrected chi connectivity index (χ1v) is 6.98. The molecule has 2 aliphatic rings. The Kier molecular flexibility index (Phi) is 6.13. The Balaban J connectivity index is 0.00000200. The number of piperazine rings is 1. The van der Waals surface area contributed by atoms with E-state index >= 15 is 0 Å². The molecule has 2 unspecified atom stereocenters. The highest BCUT2D eigenvalue weighted by molar-refractivity contribution is 5.85. The quantitative estimate of drug-likeness (QED) is 0.807. The zero-order chi connectivity index (χ0) is 14.0. The van der Waals surface area contributed by atoms with E-state index in [1.807, 2.05) is 6.92 Å². The van der Waals surface area contributed by atoms with Crippen molar-refractivity contribution in [1.82, 2.24) is 10.2 Å². The van der Waals surface area contributed by atoms with Crippen LogP contribution >= 0.6 is 12.4 Å². The minimum absolute atomic E-state index is 0. The molecule has 2 rings (SSSR count). The fraction of sp³-hybridized carbons (Fsp3) is 0.923. The van der Waals surface area contributed by atoms with Gasteiger partial charge in [-0.25, -0.2) is 0 Å². The number of carbonyl (C=O) groups excluding carboxylic acids is 1. The second-order valence-corrected chi connectivity index (χ2v) is 5.68. The summed E-state index contributed by atoms with van der Waals surface area (Å²) < 4.78 is 39.0. The molecule has 1 aliphatic heterocycles. The number of alkyl halides is 3. The Hall–Kier alpha value is -0.490. The molecular weight excluding hydrogens is 293 g/mol. The molecule has 0 radical (unpaired) electrons. The Bertz CT molecular complexity index is 338. The summed E-state index contributed by atoms with van der Waals surface area (Å²) in [6.07, 6.45) is -2.47. The summed E-state index contributed by atoms with van der Waals surface area (Å²) in [4.78, 5) is 14.0. The van der Waals surface area contributed by atoms with E-state index in [0.29, 0.717) is 32.5 Å². The molecule has 1 saturated heterocycles. The van der Waals surface area contributed by atoms with E-state index in [9.17, 15) is 18.0 Å². The maximum Gasteiger partial charge on any atom is 0.392 e. The fourth-order valence-electron chi connectivity index (χ4n) is 3.19. The molecule has 0 aromatic carbocycles. The van der Waals surface area contributed by atoms with Gasteiger partial charge >= 0.3 is 6.18 Å². The number of nitrogens with zero attached hydrogens (tertiary/aromatic N) is 1. The highest BCUT2D eigenvalue weighted by atomic mass is 35.5. The molecule has 1 saturated carbocycles. The lowest BCUT2D eigenvalue weighted by atomic mass is 9.78. The van der Waals surface area contributed by atoms with E-state index in [-0.39, 0.29) is 30.8 Å². The van der Waals surface area contributed by atoms with E-state index in [1.54, 1.807) is 4.90 Å². The number of hydrogen-bond acceptors (Lipinski definition) is 2. The fourth-order valence-corrected chi connectivity index (χ4v) is 3.19. The molecule has 1 N–H and O–H groups in total. The van der Waals surface area contributed by atoms with Gasteiger partial charge in [-0.2, -0.15) is 13.2 Å². The van der Waals surface area contributed by atoms with Crippen LogP contribution in [0.25, 0.3) is 0 Å². The normalized spacial score (nSPS) is 31.6. The Morgan fingerprint density at radius 3 is 2.50 bits per heavy atom. The van der Waals surface area contributed by atoms with Crippen LogP contribution in [-0.4, -0.2) is 42.7 Å². The number of halogens is 4. The molecule has 7 heteroatoms.